The van der Waals surface area contributed by atoms with Crippen LogP contribution in [0.3, 0.4) is 0 Å². The summed E-state index contributed by atoms with van der Waals surface area (Å²) in [6.45, 7) is 2.48. The van der Waals surface area contributed by atoms with Gasteiger partial charge >= 0.3 is 0 Å². The number of nitrogens with one attached hydrogen (secondary N) is 2. The predicted molar refractivity (Wildman–Crippen MR) is 109 cm³/mol. The highest BCUT2D eigenvalue weighted by molar-refractivity contribution is 5.98. The Morgan fingerprint density at radius 3 is 2.66 bits per heavy atom. The molecule has 3 rings (SSSR count). The van der Waals surface area contributed by atoms with E-state index in [1.807, 2.05) is 13.0 Å². The molecule has 1 aliphatic rings. The molecule has 2 amide bonds. The van der Waals surface area contributed by atoms with E-state index >= 15 is 0 Å². The molecule has 1 aliphatic heterocycles. The minimum Gasteiger partial charge on any atom is -0.497 e. The number of anilines is 1. The van der Waals surface area contributed by atoms with Crippen LogP contribution < -0.4 is 20.1 Å². The molecule has 1 saturated heterocycles. The lowest BCUT2D eigenvalue weighted by molar-refractivity contribution is -0.124. The lowest BCUT2D eigenvalue weighted by atomic mass is 10.1. The Hall–Kier alpha value is -3.06. The largest absolute Gasteiger partial charge is 0.497 e. The van der Waals surface area contributed by atoms with Crippen molar-refractivity contribution in [2.24, 2.45) is 0 Å². The van der Waals surface area contributed by atoms with Gasteiger partial charge in [-0.15, -0.1) is 0 Å². The van der Waals surface area contributed by atoms with E-state index in [-0.39, 0.29) is 17.9 Å². The lowest BCUT2D eigenvalue weighted by Crippen LogP contribution is -2.28. The second kappa shape index (κ2) is 9.43. The predicted octanol–water partition coefficient (Wildman–Crippen LogP) is 3.31. The summed E-state index contributed by atoms with van der Waals surface area (Å²) in [5.74, 6) is 0.905. The van der Waals surface area contributed by atoms with E-state index < -0.39 is 6.10 Å². The molecule has 1 heterocycles. The van der Waals surface area contributed by atoms with Gasteiger partial charge in [-0.1, -0.05) is 6.07 Å². The van der Waals surface area contributed by atoms with Crippen molar-refractivity contribution in [3.63, 3.8) is 0 Å². The van der Waals surface area contributed by atoms with Gasteiger partial charge in [0.05, 0.1) is 20.3 Å². The summed E-state index contributed by atoms with van der Waals surface area (Å²) in [5.41, 5.74) is 1.82. The third-order valence-corrected chi connectivity index (χ3v) is 4.87. The topological polar surface area (TPSA) is 85.9 Å². The molecule has 2 atom stereocenters. The maximum absolute atomic E-state index is 12.8. The molecule has 0 spiro atoms. The summed E-state index contributed by atoms with van der Waals surface area (Å²) in [4.78, 5) is 25.0. The van der Waals surface area contributed by atoms with Crippen molar-refractivity contribution in [2.75, 3.05) is 26.1 Å². The molecule has 0 unspecified atom stereocenters. The number of methoxy groups -OCH3 is 2. The van der Waals surface area contributed by atoms with Crippen molar-refractivity contribution in [1.29, 1.82) is 0 Å². The molecule has 2 aromatic carbocycles. The maximum Gasteiger partial charge on any atom is 0.253 e. The van der Waals surface area contributed by atoms with Crippen LogP contribution >= 0.6 is 0 Å². The van der Waals surface area contributed by atoms with Crippen LogP contribution in [0.25, 0.3) is 0 Å². The second-order valence-electron chi connectivity index (χ2n) is 6.87. The zero-order valence-electron chi connectivity index (χ0n) is 16.9. The van der Waals surface area contributed by atoms with E-state index in [9.17, 15) is 9.59 Å². The van der Waals surface area contributed by atoms with Gasteiger partial charge in [-0.25, -0.2) is 0 Å². The standard InChI is InChI=1S/C22H26N2O5/c1-14(18-13-17(27-2)9-10-19(18)28-3)23-21(25)15-6-4-7-16(12-15)24-22(26)20-8-5-11-29-20/h4,6-7,9-10,12-14,20H,5,8,11H2,1-3H3,(H,23,25)(H,24,26)/t14-,20+/m1/s1. The highest BCUT2D eigenvalue weighted by atomic mass is 16.5. The van der Waals surface area contributed by atoms with Gasteiger partial charge in [-0.3, -0.25) is 9.59 Å². The molecule has 0 bridgehead atoms. The van der Waals surface area contributed by atoms with Gasteiger partial charge in [0.15, 0.2) is 0 Å². The van der Waals surface area contributed by atoms with Crippen LogP contribution in [0.5, 0.6) is 11.5 Å². The zero-order valence-corrected chi connectivity index (χ0v) is 16.9. The van der Waals surface area contributed by atoms with E-state index in [1.54, 1.807) is 50.6 Å². The number of amides is 2. The normalized spacial score (nSPS) is 16.7. The minimum absolute atomic E-state index is 0.186. The van der Waals surface area contributed by atoms with E-state index in [1.165, 1.54) is 0 Å². The summed E-state index contributed by atoms with van der Waals surface area (Å²) in [6.07, 6.45) is 1.17. The van der Waals surface area contributed by atoms with Crippen LogP contribution in [0.4, 0.5) is 5.69 Å². The molecule has 0 radical (unpaired) electrons. The molecule has 154 valence electrons. The van der Waals surface area contributed by atoms with Crippen molar-refractivity contribution in [2.45, 2.75) is 31.9 Å². The van der Waals surface area contributed by atoms with Crippen molar-refractivity contribution < 1.29 is 23.8 Å². The van der Waals surface area contributed by atoms with Crippen LogP contribution in [-0.2, 0) is 9.53 Å². The SMILES string of the molecule is COc1ccc(OC)c([C@@H](C)NC(=O)c2cccc(NC(=O)[C@@H]3CCCO3)c2)c1. The van der Waals surface area contributed by atoms with Crippen LogP contribution in [-0.4, -0.2) is 38.7 Å². The highest BCUT2D eigenvalue weighted by Crippen LogP contribution is 2.29. The third-order valence-electron chi connectivity index (χ3n) is 4.87. The van der Waals surface area contributed by atoms with Gasteiger partial charge in [-0.2, -0.15) is 0 Å². The fourth-order valence-corrected chi connectivity index (χ4v) is 3.28. The quantitative estimate of drug-likeness (QED) is 0.747. The Morgan fingerprint density at radius 2 is 1.97 bits per heavy atom. The molecular weight excluding hydrogens is 372 g/mol. The highest BCUT2D eigenvalue weighted by Gasteiger charge is 2.24. The first-order chi connectivity index (χ1) is 14.0. The van der Waals surface area contributed by atoms with Gasteiger partial charge in [-0.05, 0) is 56.2 Å². The summed E-state index contributed by atoms with van der Waals surface area (Å²) in [6, 6.07) is 12.0. The molecule has 29 heavy (non-hydrogen) atoms. The van der Waals surface area contributed by atoms with E-state index in [0.717, 1.165) is 12.0 Å². The first kappa shape index (κ1) is 20.7. The van der Waals surface area contributed by atoms with Crippen molar-refractivity contribution in [1.82, 2.24) is 5.32 Å². The molecule has 1 fully saturated rings. The number of benzene rings is 2. The molecule has 0 aromatic heterocycles. The molecule has 7 nitrogen and oxygen atoms in total. The molecule has 2 aromatic rings. The summed E-state index contributed by atoms with van der Waals surface area (Å²) in [5, 5.41) is 5.78. The zero-order chi connectivity index (χ0) is 20.8. The Kier molecular flexibility index (Phi) is 6.72. The number of rotatable bonds is 7. The molecule has 0 saturated carbocycles. The fourth-order valence-electron chi connectivity index (χ4n) is 3.28. The number of carbonyl (C=O) groups excluding carboxylic acids is 2. The second-order valence-corrected chi connectivity index (χ2v) is 6.87. The van der Waals surface area contributed by atoms with Gasteiger partial charge < -0.3 is 24.8 Å². The Bertz CT molecular complexity index is 877. The number of carbonyl (C=O) groups is 2. The van der Waals surface area contributed by atoms with Crippen LogP contribution in [0, 0.1) is 0 Å². The molecule has 2 N–H and O–H groups in total. The summed E-state index contributed by atoms with van der Waals surface area (Å²) in [7, 11) is 3.17. The van der Waals surface area contributed by atoms with E-state index in [0.29, 0.717) is 35.8 Å². The lowest BCUT2D eigenvalue weighted by Gasteiger charge is -2.18. The van der Waals surface area contributed by atoms with Gasteiger partial charge in [0, 0.05) is 23.4 Å². The fraction of sp³-hybridized carbons (Fsp3) is 0.364. The Balaban J connectivity index is 1.70. The number of hydrogen-bond donors (Lipinski definition) is 2. The van der Waals surface area contributed by atoms with Crippen molar-refractivity contribution in [3.8, 4) is 11.5 Å². The number of ether oxygens (including phenoxy) is 3. The molecule has 0 aliphatic carbocycles. The van der Waals surface area contributed by atoms with Gasteiger partial charge in [0.2, 0.25) is 0 Å². The molecule has 7 heteroatoms. The van der Waals surface area contributed by atoms with Crippen LogP contribution in [0.1, 0.15) is 41.7 Å². The number of hydrogen-bond acceptors (Lipinski definition) is 5. The Labute approximate surface area is 170 Å². The van der Waals surface area contributed by atoms with Crippen LogP contribution in [0.15, 0.2) is 42.5 Å². The maximum atomic E-state index is 12.8. The van der Waals surface area contributed by atoms with Gasteiger partial charge in [0.1, 0.15) is 17.6 Å². The van der Waals surface area contributed by atoms with Gasteiger partial charge in [0.25, 0.3) is 11.8 Å². The summed E-state index contributed by atoms with van der Waals surface area (Å²) < 4.78 is 16.1. The smallest absolute Gasteiger partial charge is 0.253 e. The van der Waals surface area contributed by atoms with Crippen LogP contribution in [0.2, 0.25) is 0 Å². The Morgan fingerprint density at radius 1 is 1.14 bits per heavy atom. The average Bonchev–Trinajstić information content (AvgIpc) is 3.28. The van der Waals surface area contributed by atoms with E-state index in [2.05, 4.69) is 10.6 Å². The summed E-state index contributed by atoms with van der Waals surface area (Å²) >= 11 is 0. The first-order valence-corrected chi connectivity index (χ1v) is 9.57. The first-order valence-electron chi connectivity index (χ1n) is 9.57. The minimum atomic E-state index is -0.423. The monoisotopic (exact) mass is 398 g/mol. The van der Waals surface area contributed by atoms with Crippen molar-refractivity contribution >= 4 is 17.5 Å². The molecular formula is C22H26N2O5. The van der Waals surface area contributed by atoms with Crippen molar-refractivity contribution in [3.05, 3.63) is 53.6 Å². The van der Waals surface area contributed by atoms with E-state index in [4.69, 9.17) is 14.2 Å². The third kappa shape index (κ3) is 5.06. The average molecular weight is 398 g/mol.